The molecule has 0 bridgehead atoms. The van der Waals surface area contributed by atoms with Crippen molar-refractivity contribution >= 4 is 5.95 Å². The van der Waals surface area contributed by atoms with Crippen molar-refractivity contribution in [3.8, 4) is 11.6 Å². The Hall–Kier alpha value is -2.44. The Morgan fingerprint density at radius 2 is 2.05 bits per heavy atom. The molecule has 2 aromatic rings. The molecule has 1 fully saturated rings. The molecule has 3 rings (SSSR count). The molecule has 0 amide bonds. The van der Waals surface area contributed by atoms with E-state index in [1.807, 2.05) is 0 Å². The topological polar surface area (TPSA) is 73.3 Å². The van der Waals surface area contributed by atoms with E-state index in [4.69, 9.17) is 9.47 Å². The lowest BCUT2D eigenvalue weighted by molar-refractivity contribution is 0.251. The Morgan fingerprint density at radius 3 is 2.76 bits per heavy atom. The van der Waals surface area contributed by atoms with Gasteiger partial charge in [0.05, 0.1) is 32.3 Å². The molecule has 7 heteroatoms. The minimum Gasteiger partial charge on any atom is -0.494 e. The first-order valence-corrected chi connectivity index (χ1v) is 6.85. The van der Waals surface area contributed by atoms with Crippen molar-refractivity contribution in [2.45, 2.75) is 6.42 Å². The summed E-state index contributed by atoms with van der Waals surface area (Å²) in [7, 11) is 1.61. The molecule has 0 radical (unpaired) electrons. The summed E-state index contributed by atoms with van der Waals surface area (Å²) in [4.78, 5) is 18.9. The third-order valence-electron chi connectivity index (χ3n) is 3.43. The van der Waals surface area contributed by atoms with Crippen LogP contribution in [0.25, 0.3) is 0 Å². The van der Waals surface area contributed by atoms with E-state index >= 15 is 0 Å². The first-order chi connectivity index (χ1) is 10.3. The van der Waals surface area contributed by atoms with Gasteiger partial charge in [0, 0.05) is 31.4 Å². The summed E-state index contributed by atoms with van der Waals surface area (Å²) in [6, 6.07) is 0. The molecule has 1 atom stereocenters. The molecular formula is C14H17N5O2. The summed E-state index contributed by atoms with van der Waals surface area (Å²) in [5, 5.41) is 0. The standard InChI is InChI=1S/C14H17N5O2/c1-20-12-6-17-14(18-7-12)19-5-2-11(9-19)10-21-13-8-15-3-4-16-13/h3-4,6-8,11H,2,5,9-10H2,1H3. The zero-order valence-electron chi connectivity index (χ0n) is 11.8. The number of hydrogen-bond donors (Lipinski definition) is 0. The first kappa shape index (κ1) is 13.5. The molecule has 0 aromatic carbocycles. The van der Waals surface area contributed by atoms with E-state index in [0.29, 0.717) is 24.2 Å². The second-order valence-corrected chi connectivity index (χ2v) is 4.88. The average molecular weight is 287 g/mol. The molecule has 0 saturated carbocycles. The van der Waals surface area contributed by atoms with Gasteiger partial charge in [-0.15, -0.1) is 0 Å². The number of ether oxygens (including phenoxy) is 2. The molecule has 3 heterocycles. The summed E-state index contributed by atoms with van der Waals surface area (Å²) in [6.07, 6.45) is 9.30. The van der Waals surface area contributed by atoms with Gasteiger partial charge in [-0.3, -0.25) is 4.98 Å². The number of rotatable bonds is 5. The summed E-state index contributed by atoms with van der Waals surface area (Å²) >= 11 is 0. The Morgan fingerprint density at radius 1 is 1.19 bits per heavy atom. The number of nitrogens with zero attached hydrogens (tertiary/aromatic N) is 5. The maximum absolute atomic E-state index is 5.65. The second-order valence-electron chi connectivity index (χ2n) is 4.88. The molecule has 0 aliphatic carbocycles. The molecule has 1 unspecified atom stereocenters. The molecule has 1 saturated heterocycles. The lowest BCUT2D eigenvalue weighted by Gasteiger charge is -2.16. The fourth-order valence-electron chi connectivity index (χ4n) is 2.29. The normalized spacial score (nSPS) is 17.8. The zero-order valence-corrected chi connectivity index (χ0v) is 11.8. The van der Waals surface area contributed by atoms with Crippen molar-refractivity contribution in [1.29, 1.82) is 0 Å². The zero-order chi connectivity index (χ0) is 14.5. The van der Waals surface area contributed by atoms with Crippen molar-refractivity contribution in [2.24, 2.45) is 5.92 Å². The molecule has 0 spiro atoms. The smallest absolute Gasteiger partial charge is 0.232 e. The highest BCUT2D eigenvalue weighted by Crippen LogP contribution is 2.22. The summed E-state index contributed by atoms with van der Waals surface area (Å²) < 4.78 is 10.7. The van der Waals surface area contributed by atoms with Crippen molar-refractivity contribution in [3.63, 3.8) is 0 Å². The maximum atomic E-state index is 5.65. The lowest BCUT2D eigenvalue weighted by Crippen LogP contribution is -2.23. The van der Waals surface area contributed by atoms with E-state index in [0.717, 1.165) is 25.5 Å². The van der Waals surface area contributed by atoms with Gasteiger partial charge in [-0.05, 0) is 6.42 Å². The molecule has 110 valence electrons. The van der Waals surface area contributed by atoms with Crippen LogP contribution >= 0.6 is 0 Å². The van der Waals surface area contributed by atoms with Crippen molar-refractivity contribution in [1.82, 2.24) is 19.9 Å². The Labute approximate surface area is 123 Å². The molecule has 0 N–H and O–H groups in total. The number of methoxy groups -OCH3 is 1. The maximum Gasteiger partial charge on any atom is 0.232 e. The van der Waals surface area contributed by atoms with Gasteiger partial charge in [0.15, 0.2) is 5.75 Å². The predicted octanol–water partition coefficient (Wildman–Crippen LogP) is 1.18. The van der Waals surface area contributed by atoms with Gasteiger partial charge >= 0.3 is 0 Å². The van der Waals surface area contributed by atoms with Crippen LogP contribution < -0.4 is 14.4 Å². The Balaban J connectivity index is 1.52. The number of aromatic nitrogens is 4. The van der Waals surface area contributed by atoms with Crippen LogP contribution in [-0.2, 0) is 0 Å². The van der Waals surface area contributed by atoms with Gasteiger partial charge in [-0.2, -0.15) is 0 Å². The van der Waals surface area contributed by atoms with Crippen LogP contribution in [0.15, 0.2) is 31.0 Å². The quantitative estimate of drug-likeness (QED) is 0.817. The van der Waals surface area contributed by atoms with Crippen LogP contribution in [0, 0.1) is 5.92 Å². The van der Waals surface area contributed by atoms with E-state index in [9.17, 15) is 0 Å². The highest BCUT2D eigenvalue weighted by Gasteiger charge is 2.25. The minimum absolute atomic E-state index is 0.442. The molecule has 7 nitrogen and oxygen atoms in total. The van der Waals surface area contributed by atoms with E-state index in [2.05, 4.69) is 24.8 Å². The third-order valence-corrected chi connectivity index (χ3v) is 3.43. The van der Waals surface area contributed by atoms with Crippen LogP contribution in [0.4, 0.5) is 5.95 Å². The Kier molecular flexibility index (Phi) is 4.09. The van der Waals surface area contributed by atoms with Crippen molar-refractivity contribution in [3.05, 3.63) is 31.0 Å². The molecular weight excluding hydrogens is 270 g/mol. The summed E-state index contributed by atoms with van der Waals surface area (Å²) in [5.41, 5.74) is 0. The van der Waals surface area contributed by atoms with Gasteiger partial charge in [0.2, 0.25) is 11.8 Å². The fraction of sp³-hybridized carbons (Fsp3) is 0.429. The predicted molar refractivity (Wildman–Crippen MR) is 76.4 cm³/mol. The van der Waals surface area contributed by atoms with Crippen LogP contribution in [0.2, 0.25) is 0 Å². The van der Waals surface area contributed by atoms with Crippen molar-refractivity contribution in [2.75, 3.05) is 31.7 Å². The fourth-order valence-corrected chi connectivity index (χ4v) is 2.29. The molecule has 1 aliphatic heterocycles. The lowest BCUT2D eigenvalue weighted by atomic mass is 10.1. The summed E-state index contributed by atoms with van der Waals surface area (Å²) in [6.45, 7) is 2.44. The average Bonchev–Trinajstić information content (AvgIpc) is 3.03. The van der Waals surface area contributed by atoms with E-state index in [-0.39, 0.29) is 0 Å². The van der Waals surface area contributed by atoms with Crippen molar-refractivity contribution < 1.29 is 9.47 Å². The monoisotopic (exact) mass is 287 g/mol. The number of anilines is 1. The second kappa shape index (κ2) is 6.34. The highest BCUT2D eigenvalue weighted by atomic mass is 16.5. The van der Waals surface area contributed by atoms with Gasteiger partial charge in [-0.25, -0.2) is 15.0 Å². The molecule has 2 aromatic heterocycles. The number of hydrogen-bond acceptors (Lipinski definition) is 7. The molecule has 21 heavy (non-hydrogen) atoms. The van der Waals surface area contributed by atoms with Gasteiger partial charge in [0.1, 0.15) is 0 Å². The van der Waals surface area contributed by atoms with Crippen LogP contribution in [-0.4, -0.2) is 46.7 Å². The van der Waals surface area contributed by atoms with Crippen LogP contribution in [0.5, 0.6) is 11.6 Å². The van der Waals surface area contributed by atoms with Gasteiger partial charge in [-0.1, -0.05) is 0 Å². The Bertz CT molecular complexity index is 563. The van der Waals surface area contributed by atoms with Gasteiger partial charge < -0.3 is 14.4 Å². The minimum atomic E-state index is 0.442. The first-order valence-electron chi connectivity index (χ1n) is 6.85. The van der Waals surface area contributed by atoms with E-state index in [1.165, 1.54) is 0 Å². The summed E-state index contributed by atoms with van der Waals surface area (Å²) in [5.74, 6) is 2.41. The van der Waals surface area contributed by atoms with E-state index < -0.39 is 0 Å². The SMILES string of the molecule is COc1cnc(N2CCC(COc3cnccn3)C2)nc1. The largest absolute Gasteiger partial charge is 0.494 e. The van der Waals surface area contributed by atoms with Crippen LogP contribution in [0.3, 0.4) is 0 Å². The highest BCUT2D eigenvalue weighted by molar-refractivity contribution is 5.33. The van der Waals surface area contributed by atoms with Crippen LogP contribution in [0.1, 0.15) is 6.42 Å². The third kappa shape index (κ3) is 3.36. The molecule has 1 aliphatic rings. The van der Waals surface area contributed by atoms with Gasteiger partial charge in [0.25, 0.3) is 0 Å². The van der Waals surface area contributed by atoms with E-state index in [1.54, 1.807) is 38.1 Å².